The summed E-state index contributed by atoms with van der Waals surface area (Å²) in [5.41, 5.74) is 4.27. The average Bonchev–Trinajstić information content (AvgIpc) is 2.70. The number of phenolic OH excluding ortho intramolecular Hbond substituents is 1. The third-order valence-corrected chi connectivity index (χ3v) is 4.67. The van der Waals surface area contributed by atoms with E-state index >= 15 is 0 Å². The first-order valence-corrected chi connectivity index (χ1v) is 9.66. The van der Waals surface area contributed by atoms with Crippen molar-refractivity contribution in [3.05, 3.63) is 75.9 Å². The zero-order valence-corrected chi connectivity index (χ0v) is 18.1. The van der Waals surface area contributed by atoms with Gasteiger partial charge in [0.05, 0.1) is 14.2 Å². The number of carbonyl (C=O) groups is 1. The Morgan fingerprint density at radius 1 is 0.862 bits per heavy atom. The van der Waals surface area contributed by atoms with Crippen LogP contribution in [0.4, 0.5) is 0 Å². The van der Waals surface area contributed by atoms with Gasteiger partial charge in [-0.15, -0.1) is 0 Å². The second-order valence-electron chi connectivity index (χ2n) is 7.41. The molecule has 2 aromatic rings. The van der Waals surface area contributed by atoms with Crippen molar-refractivity contribution in [2.24, 2.45) is 0 Å². The second-order valence-corrected chi connectivity index (χ2v) is 7.41. The number of rotatable bonds is 8. The normalized spacial score (nSPS) is 10.3. The molecule has 0 unspecified atom stereocenters. The predicted octanol–water partition coefficient (Wildman–Crippen LogP) is 5.66. The highest BCUT2D eigenvalue weighted by Crippen LogP contribution is 2.45. The van der Waals surface area contributed by atoms with Crippen LogP contribution in [0.3, 0.4) is 0 Å². The van der Waals surface area contributed by atoms with Crippen LogP contribution in [0.5, 0.6) is 17.2 Å². The van der Waals surface area contributed by atoms with E-state index < -0.39 is 0 Å². The summed E-state index contributed by atoms with van der Waals surface area (Å²) in [6.07, 6.45) is 5.05. The van der Waals surface area contributed by atoms with Crippen LogP contribution in [0.1, 0.15) is 54.7 Å². The van der Waals surface area contributed by atoms with Gasteiger partial charge >= 0.3 is 0 Å². The van der Waals surface area contributed by atoms with Crippen molar-refractivity contribution in [1.29, 1.82) is 0 Å². The van der Waals surface area contributed by atoms with Crippen molar-refractivity contribution in [1.82, 2.24) is 0 Å². The van der Waals surface area contributed by atoms with Gasteiger partial charge in [0, 0.05) is 16.7 Å². The summed E-state index contributed by atoms with van der Waals surface area (Å²) in [5, 5.41) is 11.1. The van der Waals surface area contributed by atoms with Gasteiger partial charge in [-0.2, -0.15) is 0 Å². The number of allylic oxidation sites excluding steroid dienone is 4. The lowest BCUT2D eigenvalue weighted by atomic mass is 9.91. The molecule has 2 aromatic carbocycles. The van der Waals surface area contributed by atoms with Gasteiger partial charge in [0.1, 0.15) is 22.8 Å². The Bertz CT molecular complexity index is 929. The van der Waals surface area contributed by atoms with E-state index in [9.17, 15) is 9.90 Å². The Hall–Kier alpha value is -3.01. The Morgan fingerprint density at radius 2 is 1.38 bits per heavy atom. The molecule has 0 fully saturated rings. The van der Waals surface area contributed by atoms with E-state index in [2.05, 4.69) is 6.08 Å². The maximum absolute atomic E-state index is 13.3. The topological polar surface area (TPSA) is 55.8 Å². The fourth-order valence-electron chi connectivity index (χ4n) is 3.21. The van der Waals surface area contributed by atoms with Crippen LogP contribution >= 0.6 is 0 Å². The molecule has 0 heterocycles. The van der Waals surface area contributed by atoms with Crippen LogP contribution in [0.15, 0.2) is 53.6 Å². The summed E-state index contributed by atoms with van der Waals surface area (Å²) in [6, 6.07) is 8.92. The van der Waals surface area contributed by atoms with Crippen molar-refractivity contribution in [2.75, 3.05) is 14.2 Å². The minimum atomic E-state index is -0.278. The first-order valence-electron chi connectivity index (χ1n) is 9.66. The summed E-state index contributed by atoms with van der Waals surface area (Å²) in [7, 11) is 3.09. The molecule has 0 aliphatic carbocycles. The molecular formula is C25H30O4. The number of ketones is 1. The molecule has 0 radical (unpaired) electrons. The van der Waals surface area contributed by atoms with Crippen molar-refractivity contribution < 1.29 is 19.4 Å². The number of phenols is 1. The van der Waals surface area contributed by atoms with Gasteiger partial charge < -0.3 is 14.6 Å². The summed E-state index contributed by atoms with van der Waals surface area (Å²) < 4.78 is 11.3. The minimum Gasteiger partial charge on any atom is -0.507 e. The molecule has 0 saturated carbocycles. The smallest absolute Gasteiger partial charge is 0.200 e. The summed E-state index contributed by atoms with van der Waals surface area (Å²) in [4.78, 5) is 13.3. The van der Waals surface area contributed by atoms with E-state index in [0.717, 1.165) is 16.7 Å². The third kappa shape index (κ3) is 5.08. The van der Waals surface area contributed by atoms with Crippen molar-refractivity contribution in [2.45, 2.75) is 40.5 Å². The predicted molar refractivity (Wildman–Crippen MR) is 117 cm³/mol. The van der Waals surface area contributed by atoms with Gasteiger partial charge in [-0.25, -0.2) is 0 Å². The van der Waals surface area contributed by atoms with E-state index in [-0.39, 0.29) is 17.1 Å². The van der Waals surface area contributed by atoms with E-state index in [1.807, 2.05) is 39.8 Å². The highest BCUT2D eigenvalue weighted by molar-refractivity contribution is 6.13. The molecule has 4 nitrogen and oxygen atoms in total. The number of hydrogen-bond acceptors (Lipinski definition) is 4. The van der Waals surface area contributed by atoms with Crippen LogP contribution in [-0.2, 0) is 12.8 Å². The zero-order valence-electron chi connectivity index (χ0n) is 18.1. The summed E-state index contributed by atoms with van der Waals surface area (Å²) in [5.74, 6) is 0.538. The Morgan fingerprint density at radius 3 is 1.86 bits per heavy atom. The minimum absolute atomic E-state index is 0.0917. The molecule has 0 aromatic heterocycles. The molecule has 0 spiro atoms. The number of hydrogen-bond donors (Lipinski definition) is 1. The maximum atomic E-state index is 13.3. The number of benzene rings is 2. The van der Waals surface area contributed by atoms with Crippen molar-refractivity contribution >= 4 is 5.78 Å². The molecule has 0 bridgehead atoms. The van der Waals surface area contributed by atoms with Gasteiger partial charge in [0.15, 0.2) is 0 Å². The lowest BCUT2D eigenvalue weighted by molar-refractivity contribution is 0.103. The van der Waals surface area contributed by atoms with E-state index in [1.54, 1.807) is 31.4 Å². The Labute approximate surface area is 173 Å². The van der Waals surface area contributed by atoms with Crippen molar-refractivity contribution in [3.63, 3.8) is 0 Å². The Balaban J connectivity index is 2.84. The van der Waals surface area contributed by atoms with Crippen LogP contribution < -0.4 is 9.47 Å². The van der Waals surface area contributed by atoms with E-state index in [1.165, 1.54) is 7.11 Å². The lowest BCUT2D eigenvalue weighted by Crippen LogP contribution is -2.10. The van der Waals surface area contributed by atoms with Gasteiger partial charge in [-0.05, 0) is 40.5 Å². The molecule has 1 N–H and O–H groups in total. The lowest BCUT2D eigenvalue weighted by Gasteiger charge is -2.21. The molecule has 0 amide bonds. The highest BCUT2D eigenvalue weighted by atomic mass is 16.5. The fourth-order valence-corrected chi connectivity index (χ4v) is 3.21. The first kappa shape index (κ1) is 22.3. The van der Waals surface area contributed by atoms with Crippen molar-refractivity contribution in [3.8, 4) is 17.2 Å². The molecule has 4 heteroatoms. The van der Waals surface area contributed by atoms with Crippen LogP contribution in [-0.4, -0.2) is 25.1 Å². The largest absolute Gasteiger partial charge is 0.507 e. The molecule has 29 heavy (non-hydrogen) atoms. The van der Waals surface area contributed by atoms with Gasteiger partial charge in [0.2, 0.25) is 5.78 Å². The van der Waals surface area contributed by atoms with Gasteiger partial charge in [0.25, 0.3) is 0 Å². The van der Waals surface area contributed by atoms with Crippen LogP contribution in [0, 0.1) is 0 Å². The standard InChI is InChI=1S/C25H30O4/c1-16(2)12-14-19-23(27)21(22(26)18-10-8-7-9-11-18)25(29-6)20(24(19)28-5)15-13-17(3)4/h7-13,27H,14-15H2,1-6H3. The van der Waals surface area contributed by atoms with Gasteiger partial charge in [-0.3, -0.25) is 4.79 Å². The average molecular weight is 395 g/mol. The van der Waals surface area contributed by atoms with E-state index in [4.69, 9.17) is 9.47 Å². The highest BCUT2D eigenvalue weighted by Gasteiger charge is 2.29. The monoisotopic (exact) mass is 394 g/mol. The second kappa shape index (κ2) is 9.97. The molecule has 0 atom stereocenters. The number of ether oxygens (including phenoxy) is 2. The number of aromatic hydroxyl groups is 1. The number of carbonyl (C=O) groups excluding carboxylic acids is 1. The zero-order chi connectivity index (χ0) is 21.6. The van der Waals surface area contributed by atoms with Crippen LogP contribution in [0.2, 0.25) is 0 Å². The molecule has 0 aliphatic rings. The summed E-state index contributed by atoms with van der Waals surface area (Å²) in [6.45, 7) is 8.01. The number of methoxy groups -OCH3 is 2. The maximum Gasteiger partial charge on any atom is 0.200 e. The fraction of sp³-hybridized carbons (Fsp3) is 0.320. The molecule has 0 aliphatic heterocycles. The molecule has 154 valence electrons. The SMILES string of the molecule is COc1c(CC=C(C)C)c(O)c(C(=O)c2ccccc2)c(OC)c1CC=C(C)C. The summed E-state index contributed by atoms with van der Waals surface area (Å²) >= 11 is 0. The van der Waals surface area contributed by atoms with E-state index in [0.29, 0.717) is 35.5 Å². The van der Waals surface area contributed by atoms with Crippen LogP contribution in [0.25, 0.3) is 0 Å². The third-order valence-electron chi connectivity index (χ3n) is 4.67. The molecular weight excluding hydrogens is 364 g/mol. The Kier molecular flexibility index (Phi) is 7.66. The molecule has 0 saturated heterocycles. The van der Waals surface area contributed by atoms with Gasteiger partial charge in [-0.1, -0.05) is 53.6 Å². The molecule has 2 rings (SSSR count). The quantitative estimate of drug-likeness (QED) is 0.464. The first-order chi connectivity index (χ1) is 13.8.